The molecule has 2 heterocycles. The zero-order valence-corrected chi connectivity index (χ0v) is 8.18. The van der Waals surface area contributed by atoms with Crippen molar-refractivity contribution in [3.05, 3.63) is 53.6 Å². The molecule has 2 atom stereocenters. The van der Waals surface area contributed by atoms with E-state index in [1.54, 1.807) is 0 Å². The predicted octanol–water partition coefficient (Wildman–Crippen LogP) is 1.85. The molecule has 0 saturated heterocycles. The van der Waals surface area contributed by atoms with Gasteiger partial charge in [0.15, 0.2) is 0 Å². The van der Waals surface area contributed by atoms with E-state index in [-0.39, 0.29) is 17.9 Å². The minimum absolute atomic E-state index is 0.0575. The topological polar surface area (TPSA) is 29.1 Å². The molecule has 2 heteroatoms. The van der Waals surface area contributed by atoms with Crippen LogP contribution in [0.1, 0.15) is 17.0 Å². The summed E-state index contributed by atoms with van der Waals surface area (Å²) in [6, 6.07) is 8.09. The van der Waals surface area contributed by atoms with Crippen LogP contribution in [0.25, 0.3) is 6.08 Å². The first-order valence-electron chi connectivity index (χ1n) is 5.10. The monoisotopic (exact) mass is 197 g/mol. The van der Waals surface area contributed by atoms with Gasteiger partial charge < -0.3 is 5.32 Å². The van der Waals surface area contributed by atoms with E-state index in [2.05, 4.69) is 11.4 Å². The Balaban J connectivity index is 2.23. The Morgan fingerprint density at radius 1 is 1.07 bits per heavy atom. The van der Waals surface area contributed by atoms with E-state index >= 15 is 0 Å². The molecule has 1 aromatic carbocycles. The molecule has 0 fully saturated rings. The van der Waals surface area contributed by atoms with Crippen molar-refractivity contribution in [1.82, 2.24) is 5.32 Å². The lowest BCUT2D eigenvalue weighted by atomic mass is 9.87. The van der Waals surface area contributed by atoms with Crippen LogP contribution in [0.2, 0.25) is 0 Å². The Labute approximate surface area is 88.3 Å². The zero-order valence-electron chi connectivity index (χ0n) is 8.18. The zero-order chi connectivity index (χ0) is 10.3. The summed E-state index contributed by atoms with van der Waals surface area (Å²) >= 11 is 0. The van der Waals surface area contributed by atoms with Gasteiger partial charge in [0.1, 0.15) is 0 Å². The van der Waals surface area contributed by atoms with Crippen molar-refractivity contribution in [2.45, 2.75) is 12.0 Å². The molecule has 0 spiro atoms. The summed E-state index contributed by atoms with van der Waals surface area (Å²) in [4.78, 5) is 11.8. The first kappa shape index (κ1) is 8.48. The van der Waals surface area contributed by atoms with Gasteiger partial charge >= 0.3 is 0 Å². The number of benzene rings is 1. The second kappa shape index (κ2) is 3.09. The van der Waals surface area contributed by atoms with Gasteiger partial charge in [-0.25, -0.2) is 0 Å². The van der Waals surface area contributed by atoms with E-state index in [9.17, 15) is 4.79 Å². The highest BCUT2D eigenvalue weighted by Crippen LogP contribution is 2.27. The molecular formula is C13H11NO. The van der Waals surface area contributed by atoms with Crippen LogP contribution in [-0.2, 0) is 4.79 Å². The van der Waals surface area contributed by atoms with Gasteiger partial charge in [-0.2, -0.15) is 0 Å². The largest absolute Gasteiger partial charge is 0.346 e. The molecule has 2 bridgehead atoms. The normalized spacial score (nSPS) is 26.8. The van der Waals surface area contributed by atoms with Gasteiger partial charge in [0.05, 0.1) is 12.0 Å². The number of rotatable bonds is 0. The van der Waals surface area contributed by atoms with Crippen LogP contribution >= 0.6 is 0 Å². The molecular weight excluding hydrogens is 186 g/mol. The van der Waals surface area contributed by atoms with Crippen molar-refractivity contribution >= 4 is 12.0 Å². The van der Waals surface area contributed by atoms with Crippen molar-refractivity contribution in [2.75, 3.05) is 0 Å². The molecule has 15 heavy (non-hydrogen) atoms. The third-order valence-electron chi connectivity index (χ3n) is 2.92. The minimum Gasteiger partial charge on any atom is -0.346 e. The fraction of sp³-hybridized carbons (Fsp3) is 0.154. The Kier molecular flexibility index (Phi) is 1.75. The highest BCUT2D eigenvalue weighted by molar-refractivity contribution is 5.89. The number of hydrogen-bond acceptors (Lipinski definition) is 1. The maximum absolute atomic E-state index is 11.8. The van der Waals surface area contributed by atoms with Crippen LogP contribution in [0.5, 0.6) is 0 Å². The van der Waals surface area contributed by atoms with Crippen LogP contribution in [0.4, 0.5) is 0 Å². The molecule has 0 radical (unpaired) electrons. The summed E-state index contributed by atoms with van der Waals surface area (Å²) in [5.74, 6) is -0.0262. The fourth-order valence-corrected chi connectivity index (χ4v) is 2.13. The fourth-order valence-electron chi connectivity index (χ4n) is 2.13. The van der Waals surface area contributed by atoms with Gasteiger partial charge in [-0.15, -0.1) is 0 Å². The van der Waals surface area contributed by atoms with Gasteiger partial charge in [0, 0.05) is 0 Å². The van der Waals surface area contributed by atoms with Crippen molar-refractivity contribution < 1.29 is 4.79 Å². The summed E-state index contributed by atoms with van der Waals surface area (Å²) in [7, 11) is 0. The predicted molar refractivity (Wildman–Crippen MR) is 59.3 cm³/mol. The summed E-state index contributed by atoms with van der Waals surface area (Å²) in [5, 5.41) is 2.95. The number of amides is 1. The number of carbonyl (C=O) groups is 1. The summed E-state index contributed by atoms with van der Waals surface area (Å²) in [6.07, 6.45) is 8.13. The average molecular weight is 197 g/mol. The Bertz CT molecular complexity index is 473. The lowest BCUT2D eigenvalue weighted by molar-refractivity contribution is -0.122. The van der Waals surface area contributed by atoms with Crippen LogP contribution in [0.3, 0.4) is 0 Å². The minimum atomic E-state index is -0.123. The van der Waals surface area contributed by atoms with E-state index in [0.717, 1.165) is 11.1 Å². The third kappa shape index (κ3) is 1.30. The highest BCUT2D eigenvalue weighted by atomic mass is 16.2. The summed E-state index contributed by atoms with van der Waals surface area (Å²) < 4.78 is 0. The van der Waals surface area contributed by atoms with Gasteiger partial charge in [0.25, 0.3) is 0 Å². The standard InChI is InChI=1S/C13H11NO/c15-13-12-8-7-10(14-13)6-5-9-3-1-2-4-11(9)12/h1-8,10,12H,(H,14,15)/t10-,12+/m1/s1. The Hall–Kier alpha value is -1.83. The molecule has 2 aliphatic heterocycles. The van der Waals surface area contributed by atoms with Crippen molar-refractivity contribution in [2.24, 2.45) is 0 Å². The molecule has 1 aliphatic carbocycles. The molecule has 0 aromatic heterocycles. The number of carbonyl (C=O) groups excluding carboxylic acids is 1. The molecule has 2 nitrogen and oxygen atoms in total. The highest BCUT2D eigenvalue weighted by Gasteiger charge is 2.26. The summed E-state index contributed by atoms with van der Waals surface area (Å²) in [5.41, 5.74) is 2.23. The molecule has 0 saturated carbocycles. The van der Waals surface area contributed by atoms with E-state index < -0.39 is 0 Å². The van der Waals surface area contributed by atoms with Gasteiger partial charge in [-0.3, -0.25) is 4.79 Å². The van der Waals surface area contributed by atoms with Crippen LogP contribution in [-0.4, -0.2) is 11.9 Å². The van der Waals surface area contributed by atoms with Crippen LogP contribution in [0, 0.1) is 0 Å². The summed E-state index contributed by atoms with van der Waals surface area (Å²) in [6.45, 7) is 0. The molecule has 74 valence electrons. The van der Waals surface area contributed by atoms with E-state index in [0.29, 0.717) is 0 Å². The lowest BCUT2D eigenvalue weighted by Crippen LogP contribution is -2.39. The molecule has 1 aromatic rings. The van der Waals surface area contributed by atoms with Crippen LogP contribution in [0.15, 0.2) is 42.5 Å². The first-order chi connectivity index (χ1) is 7.34. The van der Waals surface area contributed by atoms with Crippen LogP contribution < -0.4 is 5.32 Å². The number of fused-ring (bicyclic) bond motifs is 1. The van der Waals surface area contributed by atoms with Crippen molar-refractivity contribution in [1.29, 1.82) is 0 Å². The van der Waals surface area contributed by atoms with Gasteiger partial charge in [-0.05, 0) is 11.1 Å². The van der Waals surface area contributed by atoms with E-state index in [4.69, 9.17) is 0 Å². The Morgan fingerprint density at radius 3 is 2.80 bits per heavy atom. The quantitative estimate of drug-likeness (QED) is 0.632. The SMILES string of the molecule is O=C1N[C@@H]2C=Cc3ccccc3[C@@H]1C=C2. The van der Waals surface area contributed by atoms with Gasteiger partial charge in [-0.1, -0.05) is 48.6 Å². The molecule has 1 amide bonds. The van der Waals surface area contributed by atoms with E-state index in [1.165, 1.54) is 0 Å². The molecule has 3 aliphatic rings. The second-order valence-corrected chi connectivity index (χ2v) is 3.88. The molecule has 1 N–H and O–H groups in total. The van der Waals surface area contributed by atoms with Crippen molar-refractivity contribution in [3.8, 4) is 0 Å². The molecule has 4 rings (SSSR count). The maximum Gasteiger partial charge on any atom is 0.232 e. The number of nitrogens with one attached hydrogen (secondary N) is 1. The van der Waals surface area contributed by atoms with Crippen molar-refractivity contribution in [3.63, 3.8) is 0 Å². The third-order valence-corrected chi connectivity index (χ3v) is 2.92. The Morgan fingerprint density at radius 2 is 1.93 bits per heavy atom. The second-order valence-electron chi connectivity index (χ2n) is 3.88. The van der Waals surface area contributed by atoms with E-state index in [1.807, 2.05) is 42.5 Å². The van der Waals surface area contributed by atoms with Gasteiger partial charge in [0.2, 0.25) is 5.91 Å². The number of hydrogen-bond donors (Lipinski definition) is 1. The smallest absolute Gasteiger partial charge is 0.232 e. The molecule has 0 unspecified atom stereocenters. The average Bonchev–Trinajstić information content (AvgIpc) is 2.23. The lowest BCUT2D eigenvalue weighted by Gasteiger charge is -2.25. The first-order valence-corrected chi connectivity index (χ1v) is 5.10. The maximum atomic E-state index is 11.8.